The van der Waals surface area contributed by atoms with Gasteiger partial charge in [-0.3, -0.25) is 9.80 Å². The molecule has 1 aliphatic rings. The van der Waals surface area contributed by atoms with E-state index in [1.807, 2.05) is 17.1 Å². The fraction of sp³-hybridized carbons (Fsp3) is 0.167. The Morgan fingerprint density at radius 2 is 1.91 bits per heavy atom. The summed E-state index contributed by atoms with van der Waals surface area (Å²) in [7, 11) is 0. The molecular weight excluding hydrogens is 376 g/mol. The lowest BCUT2D eigenvalue weighted by molar-refractivity contribution is 0.0170. The van der Waals surface area contributed by atoms with Crippen LogP contribution in [0.4, 0.5) is 0 Å². The third kappa shape index (κ3) is 3.83. The predicted molar refractivity (Wildman–Crippen MR) is 96.2 cm³/mol. The fourth-order valence-corrected chi connectivity index (χ4v) is 3.21. The van der Waals surface area contributed by atoms with Crippen LogP contribution in [0.25, 0.3) is 0 Å². The topological polar surface area (TPSA) is 23.6 Å². The molecule has 23 heavy (non-hydrogen) atoms. The zero-order valence-electron chi connectivity index (χ0n) is 12.5. The first-order chi connectivity index (χ1) is 11.0. The monoisotopic (exact) mass is 390 g/mol. The van der Waals surface area contributed by atoms with E-state index in [1.165, 1.54) is 0 Å². The van der Waals surface area contributed by atoms with Crippen LogP contribution in [0.5, 0.6) is 0 Å². The largest absolute Gasteiger partial charge is 0.268 e. The minimum absolute atomic E-state index is 0.0321. The van der Waals surface area contributed by atoms with Crippen molar-refractivity contribution in [2.45, 2.75) is 6.54 Å². The van der Waals surface area contributed by atoms with Crippen molar-refractivity contribution in [1.29, 1.82) is 0 Å². The molecule has 118 valence electrons. The molecule has 0 saturated carbocycles. The second kappa shape index (κ2) is 6.87. The Balaban J connectivity index is 1.80. The van der Waals surface area contributed by atoms with Crippen LogP contribution in [-0.4, -0.2) is 29.0 Å². The van der Waals surface area contributed by atoms with Crippen LogP contribution < -0.4 is 0 Å². The molecule has 0 N–H and O–H groups in total. The van der Waals surface area contributed by atoms with E-state index in [9.17, 15) is 4.79 Å². The molecule has 5 heteroatoms. The van der Waals surface area contributed by atoms with E-state index >= 15 is 0 Å². The van der Waals surface area contributed by atoms with Gasteiger partial charge in [0.25, 0.3) is 5.91 Å². The maximum absolute atomic E-state index is 12.8. The van der Waals surface area contributed by atoms with E-state index in [-0.39, 0.29) is 5.91 Å². The van der Waals surface area contributed by atoms with Crippen LogP contribution in [-0.2, 0) is 6.54 Å². The van der Waals surface area contributed by atoms with Crippen molar-refractivity contribution >= 4 is 33.4 Å². The average Bonchev–Trinajstić information content (AvgIpc) is 2.88. The Morgan fingerprint density at radius 1 is 1.17 bits per heavy atom. The molecule has 2 aromatic carbocycles. The summed E-state index contributed by atoms with van der Waals surface area (Å²) in [5.74, 6) is -0.0321. The van der Waals surface area contributed by atoms with Crippen LogP contribution in [0, 0.1) is 0 Å². The number of halogens is 2. The standard InChI is InChI=1S/C18H16BrClN2O/c1-13-10-21(12-14-3-2-4-16(19)9-14)22(11-13)18(23)15-5-7-17(20)8-6-15/h2-9H,1,10-12H2. The number of nitrogens with zero attached hydrogens (tertiary/aromatic N) is 2. The van der Waals surface area contributed by atoms with Crippen LogP contribution in [0.15, 0.2) is 65.2 Å². The first-order valence-electron chi connectivity index (χ1n) is 7.26. The molecule has 1 aliphatic heterocycles. The summed E-state index contributed by atoms with van der Waals surface area (Å²) >= 11 is 9.38. The van der Waals surface area contributed by atoms with Gasteiger partial charge in [-0.25, -0.2) is 5.01 Å². The van der Waals surface area contributed by atoms with Gasteiger partial charge in [-0.15, -0.1) is 0 Å². The highest BCUT2D eigenvalue weighted by Crippen LogP contribution is 2.22. The number of rotatable bonds is 3. The normalized spacial score (nSPS) is 15.2. The molecular formula is C18H16BrClN2O. The molecule has 0 bridgehead atoms. The second-order valence-corrected chi connectivity index (χ2v) is 6.92. The van der Waals surface area contributed by atoms with Crippen LogP contribution in [0.2, 0.25) is 5.02 Å². The highest BCUT2D eigenvalue weighted by atomic mass is 79.9. The predicted octanol–water partition coefficient (Wildman–Crippen LogP) is 4.53. The Kier molecular flexibility index (Phi) is 4.85. The Morgan fingerprint density at radius 3 is 2.61 bits per heavy atom. The molecule has 1 amide bonds. The van der Waals surface area contributed by atoms with Crippen LogP contribution in [0.1, 0.15) is 15.9 Å². The number of hydrogen-bond donors (Lipinski definition) is 0. The molecule has 1 saturated heterocycles. The number of carbonyl (C=O) groups is 1. The minimum atomic E-state index is -0.0321. The van der Waals surface area contributed by atoms with E-state index in [0.717, 1.165) is 15.6 Å². The van der Waals surface area contributed by atoms with Crippen LogP contribution >= 0.6 is 27.5 Å². The van der Waals surface area contributed by atoms with Crippen LogP contribution in [0.3, 0.4) is 0 Å². The highest BCUT2D eigenvalue weighted by molar-refractivity contribution is 9.10. The average molecular weight is 392 g/mol. The van der Waals surface area contributed by atoms with Crippen molar-refractivity contribution in [2.24, 2.45) is 0 Å². The van der Waals surface area contributed by atoms with Gasteiger partial charge in [0.05, 0.1) is 6.54 Å². The quantitative estimate of drug-likeness (QED) is 0.718. The lowest BCUT2D eigenvalue weighted by Crippen LogP contribution is -2.40. The summed E-state index contributed by atoms with van der Waals surface area (Å²) in [5.41, 5.74) is 2.80. The highest BCUT2D eigenvalue weighted by Gasteiger charge is 2.29. The van der Waals surface area contributed by atoms with Gasteiger partial charge in [0.15, 0.2) is 0 Å². The number of carbonyl (C=O) groups excluding carboxylic acids is 1. The number of amides is 1. The third-order valence-electron chi connectivity index (χ3n) is 3.70. The molecule has 0 spiro atoms. The molecule has 0 aliphatic carbocycles. The number of benzene rings is 2. The van der Waals surface area contributed by atoms with Crippen molar-refractivity contribution in [3.05, 3.63) is 81.3 Å². The molecule has 2 aromatic rings. The van der Waals surface area contributed by atoms with Crippen molar-refractivity contribution < 1.29 is 4.79 Å². The zero-order valence-corrected chi connectivity index (χ0v) is 14.8. The lowest BCUT2D eigenvalue weighted by atomic mass is 10.2. The molecule has 1 heterocycles. The Bertz CT molecular complexity index is 745. The van der Waals surface area contributed by atoms with Gasteiger partial charge in [-0.05, 0) is 47.5 Å². The first kappa shape index (κ1) is 16.2. The van der Waals surface area contributed by atoms with E-state index in [4.69, 9.17) is 11.6 Å². The summed E-state index contributed by atoms with van der Waals surface area (Å²) < 4.78 is 1.03. The smallest absolute Gasteiger partial charge is 0.268 e. The Labute approximate surface area is 149 Å². The summed E-state index contributed by atoms with van der Waals surface area (Å²) in [5, 5.41) is 4.41. The van der Waals surface area contributed by atoms with Crippen molar-refractivity contribution in [3.63, 3.8) is 0 Å². The van der Waals surface area contributed by atoms with Gasteiger partial charge in [0.1, 0.15) is 0 Å². The zero-order chi connectivity index (χ0) is 16.4. The fourth-order valence-electron chi connectivity index (χ4n) is 2.63. The van der Waals surface area contributed by atoms with E-state index in [2.05, 4.69) is 34.6 Å². The molecule has 3 rings (SSSR count). The van der Waals surface area contributed by atoms with Crippen molar-refractivity contribution in [2.75, 3.05) is 13.1 Å². The van der Waals surface area contributed by atoms with Crippen molar-refractivity contribution in [1.82, 2.24) is 10.0 Å². The SMILES string of the molecule is C=C1CN(Cc2cccc(Br)c2)N(C(=O)c2ccc(Cl)cc2)C1. The summed E-state index contributed by atoms with van der Waals surface area (Å²) in [4.78, 5) is 12.8. The summed E-state index contributed by atoms with van der Waals surface area (Å²) in [6.07, 6.45) is 0. The molecule has 0 atom stereocenters. The van der Waals surface area contributed by atoms with Gasteiger partial charge in [-0.1, -0.05) is 46.2 Å². The Hall–Kier alpha value is -1.62. The molecule has 0 radical (unpaired) electrons. The third-order valence-corrected chi connectivity index (χ3v) is 4.45. The van der Waals surface area contributed by atoms with Gasteiger partial charge in [-0.2, -0.15) is 0 Å². The summed E-state index contributed by atoms with van der Waals surface area (Å²) in [6.45, 7) is 5.94. The molecule has 1 fully saturated rings. The molecule has 0 aromatic heterocycles. The van der Waals surface area contributed by atoms with Gasteiger partial charge in [0, 0.05) is 28.1 Å². The number of hydrogen-bond acceptors (Lipinski definition) is 2. The van der Waals surface area contributed by atoms with Gasteiger partial charge >= 0.3 is 0 Å². The first-order valence-corrected chi connectivity index (χ1v) is 8.43. The van der Waals surface area contributed by atoms with E-state index < -0.39 is 0 Å². The summed E-state index contributed by atoms with van der Waals surface area (Å²) in [6, 6.07) is 15.1. The van der Waals surface area contributed by atoms with Crippen molar-refractivity contribution in [3.8, 4) is 0 Å². The maximum atomic E-state index is 12.8. The van der Waals surface area contributed by atoms with E-state index in [1.54, 1.807) is 29.3 Å². The van der Waals surface area contributed by atoms with Gasteiger partial charge in [0.2, 0.25) is 0 Å². The van der Waals surface area contributed by atoms with Gasteiger partial charge < -0.3 is 0 Å². The maximum Gasteiger partial charge on any atom is 0.268 e. The number of hydrazine groups is 1. The second-order valence-electron chi connectivity index (χ2n) is 5.57. The molecule has 3 nitrogen and oxygen atoms in total. The minimum Gasteiger partial charge on any atom is -0.268 e. The van der Waals surface area contributed by atoms with E-state index in [0.29, 0.717) is 30.2 Å². The molecule has 0 unspecified atom stereocenters. The lowest BCUT2D eigenvalue weighted by Gasteiger charge is -2.27.